The first-order chi connectivity index (χ1) is 17.5. The van der Waals surface area contributed by atoms with Crippen LogP contribution in [0.3, 0.4) is 0 Å². The highest BCUT2D eigenvalue weighted by molar-refractivity contribution is 6.32. The van der Waals surface area contributed by atoms with Gasteiger partial charge in [-0.3, -0.25) is 4.79 Å². The van der Waals surface area contributed by atoms with E-state index < -0.39 is 6.10 Å². The maximum absolute atomic E-state index is 12.7. The molecule has 186 valence electrons. The van der Waals surface area contributed by atoms with Crippen LogP contribution in [0.15, 0.2) is 67.1 Å². The molecule has 1 amide bonds. The van der Waals surface area contributed by atoms with Gasteiger partial charge in [0.1, 0.15) is 23.6 Å². The zero-order chi connectivity index (χ0) is 25.5. The van der Waals surface area contributed by atoms with Gasteiger partial charge in [0.05, 0.1) is 22.5 Å². The fourth-order valence-corrected chi connectivity index (χ4v) is 3.70. The van der Waals surface area contributed by atoms with Crippen LogP contribution in [-0.4, -0.2) is 59.2 Å². The number of anilines is 2. The number of ether oxygens (including phenoxy) is 3. The van der Waals surface area contributed by atoms with E-state index in [0.29, 0.717) is 58.0 Å². The molecule has 0 bridgehead atoms. The Morgan fingerprint density at radius 3 is 2.69 bits per heavy atom. The fraction of sp³-hybridized carbons (Fsp3) is 0.231. The Morgan fingerprint density at radius 2 is 1.94 bits per heavy atom. The van der Waals surface area contributed by atoms with Gasteiger partial charge in [0.2, 0.25) is 5.88 Å². The van der Waals surface area contributed by atoms with E-state index in [1.165, 1.54) is 6.33 Å². The molecule has 0 spiro atoms. The Bertz CT molecular complexity index is 1330. The van der Waals surface area contributed by atoms with Gasteiger partial charge in [0.25, 0.3) is 5.91 Å². The monoisotopic (exact) mass is 507 g/mol. The molecule has 0 fully saturated rings. The number of carbonyl (C=O) groups is 1. The molecule has 0 radical (unpaired) electrons. The van der Waals surface area contributed by atoms with E-state index in [1.54, 1.807) is 56.4 Å². The predicted octanol–water partition coefficient (Wildman–Crippen LogP) is 5.09. The lowest BCUT2D eigenvalue weighted by molar-refractivity contribution is -0.137. The van der Waals surface area contributed by atoms with Gasteiger partial charge >= 0.3 is 0 Å². The molecule has 2 aromatic carbocycles. The van der Waals surface area contributed by atoms with E-state index in [1.807, 2.05) is 30.3 Å². The summed E-state index contributed by atoms with van der Waals surface area (Å²) in [5.74, 6) is 1.75. The molecular formula is C26H26ClN5O4. The number of benzene rings is 2. The fourth-order valence-electron chi connectivity index (χ4n) is 3.48. The van der Waals surface area contributed by atoms with Gasteiger partial charge in [0.15, 0.2) is 6.10 Å². The lowest BCUT2D eigenvalue weighted by Gasteiger charge is -2.22. The van der Waals surface area contributed by atoms with Gasteiger partial charge in [-0.2, -0.15) is 0 Å². The summed E-state index contributed by atoms with van der Waals surface area (Å²) < 4.78 is 16.9. The Kier molecular flexibility index (Phi) is 8.14. The topological polar surface area (TPSA) is 98.7 Å². The van der Waals surface area contributed by atoms with Gasteiger partial charge < -0.3 is 24.4 Å². The number of pyridine rings is 1. The lowest BCUT2D eigenvalue weighted by atomic mass is 10.2. The highest BCUT2D eigenvalue weighted by Gasteiger charge is 2.21. The number of methoxy groups -OCH3 is 1. The molecule has 0 saturated carbocycles. The average molecular weight is 508 g/mol. The van der Waals surface area contributed by atoms with Crippen LogP contribution in [0.4, 0.5) is 11.5 Å². The minimum absolute atomic E-state index is 0.161. The van der Waals surface area contributed by atoms with Crippen molar-refractivity contribution in [1.82, 2.24) is 19.9 Å². The van der Waals surface area contributed by atoms with Gasteiger partial charge in [-0.25, -0.2) is 15.0 Å². The summed E-state index contributed by atoms with van der Waals surface area (Å²) in [4.78, 5) is 27.2. The van der Waals surface area contributed by atoms with Crippen LogP contribution in [0.5, 0.6) is 17.4 Å². The summed E-state index contributed by atoms with van der Waals surface area (Å²) in [6.07, 6.45) is 2.38. The zero-order valence-electron chi connectivity index (χ0n) is 20.1. The normalized spacial score (nSPS) is 11.7. The largest absolute Gasteiger partial charge is 0.480 e. The zero-order valence-corrected chi connectivity index (χ0v) is 20.9. The second-order valence-electron chi connectivity index (χ2n) is 7.93. The van der Waals surface area contributed by atoms with Crippen molar-refractivity contribution in [1.29, 1.82) is 0 Å². The van der Waals surface area contributed by atoms with Crippen LogP contribution in [0.2, 0.25) is 5.02 Å². The first-order valence-electron chi connectivity index (χ1n) is 11.3. The summed E-state index contributed by atoms with van der Waals surface area (Å²) >= 11 is 6.46. The van der Waals surface area contributed by atoms with E-state index >= 15 is 0 Å². The molecule has 0 aliphatic heterocycles. The van der Waals surface area contributed by atoms with Crippen LogP contribution in [-0.2, 0) is 9.53 Å². The number of aromatic nitrogens is 3. The maximum Gasteiger partial charge on any atom is 0.263 e. The third-order valence-corrected chi connectivity index (χ3v) is 5.63. The number of fused-ring (bicyclic) bond motifs is 1. The molecule has 1 N–H and O–H groups in total. The Labute approximate surface area is 214 Å². The third-order valence-electron chi connectivity index (χ3n) is 5.33. The molecule has 0 saturated heterocycles. The maximum atomic E-state index is 12.7. The smallest absolute Gasteiger partial charge is 0.263 e. The van der Waals surface area contributed by atoms with Crippen molar-refractivity contribution in [2.45, 2.75) is 13.0 Å². The van der Waals surface area contributed by atoms with Crippen molar-refractivity contribution in [2.24, 2.45) is 0 Å². The van der Waals surface area contributed by atoms with Crippen LogP contribution in [0, 0.1) is 0 Å². The molecule has 2 aromatic heterocycles. The number of likely N-dealkylation sites (N-methyl/N-ethyl adjacent to an activating group) is 1. The molecule has 9 nitrogen and oxygen atoms in total. The summed E-state index contributed by atoms with van der Waals surface area (Å²) in [5, 5.41) is 4.32. The van der Waals surface area contributed by atoms with Crippen molar-refractivity contribution in [3.8, 4) is 17.4 Å². The quantitative estimate of drug-likeness (QED) is 0.317. The molecule has 36 heavy (non-hydrogen) atoms. The van der Waals surface area contributed by atoms with Crippen LogP contribution in [0.1, 0.15) is 6.92 Å². The van der Waals surface area contributed by atoms with Crippen molar-refractivity contribution in [3.05, 3.63) is 72.1 Å². The number of nitrogens with one attached hydrogen (secondary N) is 1. The van der Waals surface area contributed by atoms with E-state index in [9.17, 15) is 4.79 Å². The molecule has 1 atom stereocenters. The third kappa shape index (κ3) is 5.99. The second-order valence-corrected chi connectivity index (χ2v) is 8.33. The molecular weight excluding hydrogens is 482 g/mol. The summed E-state index contributed by atoms with van der Waals surface area (Å²) in [5.41, 5.74) is 1.35. The van der Waals surface area contributed by atoms with Gasteiger partial charge in [-0.05, 0) is 43.3 Å². The minimum atomic E-state index is -0.719. The second kappa shape index (κ2) is 11.7. The van der Waals surface area contributed by atoms with Crippen LogP contribution in [0.25, 0.3) is 10.9 Å². The Balaban J connectivity index is 1.57. The van der Waals surface area contributed by atoms with E-state index in [-0.39, 0.29) is 5.91 Å². The highest BCUT2D eigenvalue weighted by atomic mass is 35.5. The summed E-state index contributed by atoms with van der Waals surface area (Å²) in [6, 6.07) is 16.1. The van der Waals surface area contributed by atoms with E-state index in [4.69, 9.17) is 25.8 Å². The standard InChI is InChI=1S/C26H26ClN5O4/c1-17(26(33)32(2)13-14-34-3)35-22-8-6-7-20-24(22)25(30-16-29-20)31-18-10-11-21(19(27)15-18)36-23-9-4-5-12-28-23/h4-12,15-17H,13-14H2,1-3H3,(H,29,30,31)/t17-/m1/s1. The molecule has 4 aromatic rings. The van der Waals surface area contributed by atoms with Crippen molar-refractivity contribution in [3.63, 3.8) is 0 Å². The lowest BCUT2D eigenvalue weighted by Crippen LogP contribution is -2.39. The number of hydrogen-bond donors (Lipinski definition) is 1. The molecule has 2 heterocycles. The van der Waals surface area contributed by atoms with Crippen molar-refractivity contribution < 1.29 is 19.0 Å². The SMILES string of the molecule is COCCN(C)C(=O)[C@@H](C)Oc1cccc2ncnc(Nc3ccc(Oc4ccccn4)c(Cl)c3)c12. The number of amides is 1. The van der Waals surface area contributed by atoms with Crippen molar-refractivity contribution in [2.75, 3.05) is 32.6 Å². The van der Waals surface area contributed by atoms with Crippen LogP contribution >= 0.6 is 11.6 Å². The minimum Gasteiger partial charge on any atom is -0.480 e. The molecule has 0 aliphatic rings. The Morgan fingerprint density at radius 1 is 1.08 bits per heavy atom. The average Bonchev–Trinajstić information content (AvgIpc) is 2.89. The Hall–Kier alpha value is -3.95. The molecule has 4 rings (SSSR count). The first-order valence-corrected chi connectivity index (χ1v) is 11.6. The molecule has 0 aliphatic carbocycles. The number of rotatable bonds is 10. The predicted molar refractivity (Wildman–Crippen MR) is 138 cm³/mol. The number of hydrogen-bond acceptors (Lipinski definition) is 8. The summed E-state index contributed by atoms with van der Waals surface area (Å²) in [7, 11) is 3.31. The van der Waals surface area contributed by atoms with E-state index in [2.05, 4.69) is 20.3 Å². The van der Waals surface area contributed by atoms with Gasteiger partial charge in [-0.15, -0.1) is 0 Å². The highest BCUT2D eigenvalue weighted by Crippen LogP contribution is 2.35. The summed E-state index contributed by atoms with van der Waals surface area (Å²) in [6.45, 7) is 2.62. The number of carbonyl (C=O) groups excluding carboxylic acids is 1. The van der Waals surface area contributed by atoms with Crippen molar-refractivity contribution >= 4 is 39.9 Å². The molecule has 0 unspecified atom stereocenters. The first kappa shape index (κ1) is 25.2. The number of nitrogens with zero attached hydrogens (tertiary/aromatic N) is 4. The van der Waals surface area contributed by atoms with Gasteiger partial charge in [0, 0.05) is 38.7 Å². The van der Waals surface area contributed by atoms with Crippen LogP contribution < -0.4 is 14.8 Å². The molecule has 10 heteroatoms. The van der Waals surface area contributed by atoms with E-state index in [0.717, 1.165) is 0 Å². The van der Waals surface area contributed by atoms with Gasteiger partial charge in [-0.1, -0.05) is 23.7 Å². The number of halogens is 1.